The Balaban J connectivity index is 2.27. The Bertz CT molecular complexity index is 309. The molecular formula is C11H14IN. The van der Waals surface area contributed by atoms with Crippen molar-refractivity contribution < 1.29 is 0 Å². The molecule has 1 nitrogen and oxygen atoms in total. The molecule has 1 heterocycles. The Morgan fingerprint density at radius 3 is 3.15 bits per heavy atom. The Kier molecular flexibility index (Phi) is 2.77. The van der Waals surface area contributed by atoms with E-state index in [1.54, 1.807) is 0 Å². The monoisotopic (exact) mass is 287 g/mol. The second-order valence-electron chi connectivity index (χ2n) is 3.66. The van der Waals surface area contributed by atoms with Gasteiger partial charge >= 0.3 is 0 Å². The summed E-state index contributed by atoms with van der Waals surface area (Å²) in [5.74, 6) is 0.825. The summed E-state index contributed by atoms with van der Waals surface area (Å²) in [6.07, 6.45) is 2.52. The van der Waals surface area contributed by atoms with Crippen molar-refractivity contribution >= 4 is 28.3 Å². The zero-order chi connectivity index (χ0) is 9.26. The summed E-state index contributed by atoms with van der Waals surface area (Å²) in [5, 5.41) is 3.49. The number of hydrogen-bond acceptors (Lipinski definition) is 1. The lowest BCUT2D eigenvalue weighted by Gasteiger charge is -2.25. The van der Waals surface area contributed by atoms with Crippen molar-refractivity contribution in [3.63, 3.8) is 0 Å². The van der Waals surface area contributed by atoms with Crippen LogP contribution in [0.1, 0.15) is 18.9 Å². The van der Waals surface area contributed by atoms with Crippen LogP contribution in [-0.2, 0) is 6.42 Å². The van der Waals surface area contributed by atoms with Crippen molar-refractivity contribution in [2.24, 2.45) is 5.92 Å². The van der Waals surface area contributed by atoms with E-state index in [-0.39, 0.29) is 0 Å². The van der Waals surface area contributed by atoms with Crippen LogP contribution in [0.15, 0.2) is 18.2 Å². The van der Waals surface area contributed by atoms with Gasteiger partial charge in [-0.25, -0.2) is 0 Å². The van der Waals surface area contributed by atoms with Gasteiger partial charge in [0.05, 0.1) is 0 Å². The fourth-order valence-electron chi connectivity index (χ4n) is 1.83. The van der Waals surface area contributed by atoms with E-state index in [1.165, 1.54) is 27.7 Å². The number of rotatable bonds is 1. The molecule has 1 aromatic rings. The molecule has 1 aliphatic rings. The molecule has 1 atom stereocenters. The Morgan fingerprint density at radius 2 is 2.38 bits per heavy atom. The first-order valence-corrected chi connectivity index (χ1v) is 5.89. The smallest absolute Gasteiger partial charge is 0.0373 e. The van der Waals surface area contributed by atoms with Crippen LogP contribution in [0.2, 0.25) is 0 Å². The minimum Gasteiger partial charge on any atom is -0.385 e. The molecule has 0 saturated heterocycles. The van der Waals surface area contributed by atoms with Gasteiger partial charge in [0.2, 0.25) is 0 Å². The van der Waals surface area contributed by atoms with E-state index >= 15 is 0 Å². The second kappa shape index (κ2) is 3.86. The zero-order valence-corrected chi connectivity index (χ0v) is 9.97. The molecule has 1 N–H and O–H groups in total. The Labute approximate surface area is 93.1 Å². The predicted octanol–water partition coefficient (Wildman–Crippen LogP) is 3.29. The van der Waals surface area contributed by atoms with Crippen LogP contribution in [0.4, 0.5) is 5.69 Å². The molecule has 0 aromatic heterocycles. The molecule has 0 spiro atoms. The average Bonchev–Trinajstić information content (AvgIpc) is 2.16. The average molecular weight is 287 g/mol. The number of benzene rings is 1. The number of halogens is 1. The molecule has 0 amide bonds. The van der Waals surface area contributed by atoms with Gasteiger partial charge < -0.3 is 5.32 Å². The van der Waals surface area contributed by atoms with E-state index < -0.39 is 0 Å². The molecule has 1 unspecified atom stereocenters. The van der Waals surface area contributed by atoms with E-state index in [2.05, 4.69) is 53.0 Å². The van der Waals surface area contributed by atoms with Crippen LogP contribution >= 0.6 is 22.6 Å². The molecule has 13 heavy (non-hydrogen) atoms. The first kappa shape index (κ1) is 9.31. The molecule has 70 valence electrons. The third kappa shape index (κ3) is 1.98. The van der Waals surface area contributed by atoms with Crippen LogP contribution in [-0.4, -0.2) is 6.54 Å². The quantitative estimate of drug-likeness (QED) is 0.782. The highest BCUT2D eigenvalue weighted by atomic mass is 127. The Morgan fingerprint density at radius 1 is 1.54 bits per heavy atom. The highest BCUT2D eigenvalue weighted by Crippen LogP contribution is 2.27. The van der Waals surface area contributed by atoms with Crippen LogP contribution in [0.3, 0.4) is 0 Å². The zero-order valence-electron chi connectivity index (χ0n) is 7.81. The first-order chi connectivity index (χ1) is 6.29. The maximum atomic E-state index is 3.49. The summed E-state index contributed by atoms with van der Waals surface area (Å²) in [7, 11) is 0. The van der Waals surface area contributed by atoms with Gasteiger partial charge in [0.15, 0.2) is 0 Å². The molecular weight excluding hydrogens is 273 g/mol. The minimum absolute atomic E-state index is 0.825. The molecule has 1 aliphatic heterocycles. The molecule has 0 fully saturated rings. The maximum Gasteiger partial charge on any atom is 0.0373 e. The molecule has 0 bridgehead atoms. The van der Waals surface area contributed by atoms with Gasteiger partial charge in [0.1, 0.15) is 0 Å². The number of anilines is 1. The highest BCUT2D eigenvalue weighted by molar-refractivity contribution is 14.1. The molecule has 2 heteroatoms. The molecule has 0 saturated carbocycles. The van der Waals surface area contributed by atoms with E-state index in [4.69, 9.17) is 0 Å². The molecule has 0 radical (unpaired) electrons. The fraction of sp³-hybridized carbons (Fsp3) is 0.455. The fourth-order valence-corrected chi connectivity index (χ4v) is 2.39. The van der Waals surface area contributed by atoms with E-state index in [9.17, 15) is 0 Å². The lowest BCUT2D eigenvalue weighted by molar-refractivity contribution is 0.520. The molecule has 0 aliphatic carbocycles. The van der Waals surface area contributed by atoms with Gasteiger partial charge in [-0.05, 0) is 58.7 Å². The Hall–Kier alpha value is -0.250. The first-order valence-electron chi connectivity index (χ1n) is 4.82. The summed E-state index contributed by atoms with van der Waals surface area (Å²) in [6, 6.07) is 6.66. The largest absolute Gasteiger partial charge is 0.385 e. The summed E-state index contributed by atoms with van der Waals surface area (Å²) in [6.45, 7) is 3.41. The number of nitrogens with one attached hydrogen (secondary N) is 1. The lowest BCUT2D eigenvalue weighted by Crippen LogP contribution is -2.22. The summed E-state index contributed by atoms with van der Waals surface area (Å²) < 4.78 is 1.34. The van der Waals surface area contributed by atoms with Gasteiger partial charge in [-0.2, -0.15) is 0 Å². The van der Waals surface area contributed by atoms with Crippen molar-refractivity contribution in [3.05, 3.63) is 27.3 Å². The van der Waals surface area contributed by atoms with E-state index in [0.29, 0.717) is 0 Å². The normalized spacial score (nSPS) is 20.6. The summed E-state index contributed by atoms with van der Waals surface area (Å²) >= 11 is 2.38. The van der Waals surface area contributed by atoms with Crippen LogP contribution < -0.4 is 5.32 Å². The van der Waals surface area contributed by atoms with E-state index in [1.807, 2.05) is 0 Å². The standard InChI is InChI=1S/C11H14IN/c1-2-8-5-9-6-10(12)3-4-11(9)13-7-8/h3-4,6,8,13H,2,5,7H2,1H3. The van der Waals surface area contributed by atoms with E-state index in [0.717, 1.165) is 12.5 Å². The van der Waals surface area contributed by atoms with Crippen LogP contribution in [0.25, 0.3) is 0 Å². The summed E-state index contributed by atoms with van der Waals surface area (Å²) in [5.41, 5.74) is 2.83. The van der Waals surface area contributed by atoms with Gasteiger partial charge in [-0.15, -0.1) is 0 Å². The van der Waals surface area contributed by atoms with Gasteiger partial charge in [-0.3, -0.25) is 0 Å². The van der Waals surface area contributed by atoms with Gasteiger partial charge in [0.25, 0.3) is 0 Å². The van der Waals surface area contributed by atoms with Crippen molar-refractivity contribution in [2.75, 3.05) is 11.9 Å². The number of fused-ring (bicyclic) bond motifs is 1. The second-order valence-corrected chi connectivity index (χ2v) is 4.91. The van der Waals surface area contributed by atoms with Crippen LogP contribution in [0.5, 0.6) is 0 Å². The highest BCUT2D eigenvalue weighted by Gasteiger charge is 2.16. The third-order valence-electron chi connectivity index (χ3n) is 2.73. The van der Waals surface area contributed by atoms with Crippen molar-refractivity contribution in [3.8, 4) is 0 Å². The summed E-state index contributed by atoms with van der Waals surface area (Å²) in [4.78, 5) is 0. The lowest BCUT2D eigenvalue weighted by atomic mass is 9.92. The third-order valence-corrected chi connectivity index (χ3v) is 3.41. The predicted molar refractivity (Wildman–Crippen MR) is 65.1 cm³/mol. The van der Waals surface area contributed by atoms with Crippen molar-refractivity contribution in [2.45, 2.75) is 19.8 Å². The van der Waals surface area contributed by atoms with Crippen LogP contribution in [0, 0.1) is 9.49 Å². The minimum atomic E-state index is 0.825. The topological polar surface area (TPSA) is 12.0 Å². The molecule has 1 aromatic carbocycles. The van der Waals surface area contributed by atoms with Gasteiger partial charge in [0, 0.05) is 15.8 Å². The SMILES string of the molecule is CCC1CNc2ccc(I)cc2C1. The van der Waals surface area contributed by atoms with Crippen molar-refractivity contribution in [1.82, 2.24) is 0 Å². The van der Waals surface area contributed by atoms with Crippen molar-refractivity contribution in [1.29, 1.82) is 0 Å². The number of hydrogen-bond donors (Lipinski definition) is 1. The maximum absolute atomic E-state index is 3.49. The van der Waals surface area contributed by atoms with Gasteiger partial charge in [-0.1, -0.05) is 13.3 Å². The molecule has 2 rings (SSSR count).